The van der Waals surface area contributed by atoms with E-state index in [0.29, 0.717) is 17.1 Å². The first-order chi connectivity index (χ1) is 11.4. The zero-order valence-corrected chi connectivity index (χ0v) is 14.0. The van der Waals surface area contributed by atoms with E-state index in [9.17, 15) is 13.2 Å². The number of aromatic carboxylic acids is 1. The molecule has 0 bridgehead atoms. The van der Waals surface area contributed by atoms with Gasteiger partial charge in [-0.1, -0.05) is 12.1 Å². The third kappa shape index (κ3) is 4.03. The largest absolute Gasteiger partial charge is 0.493 e. The molecule has 0 saturated carbocycles. The summed E-state index contributed by atoms with van der Waals surface area (Å²) in [6.07, 6.45) is 0. The minimum absolute atomic E-state index is 0.0227. The minimum atomic E-state index is -3.78. The molecule has 0 aromatic heterocycles. The molecule has 0 aliphatic heterocycles. The van der Waals surface area contributed by atoms with Crippen molar-refractivity contribution in [3.63, 3.8) is 0 Å². The highest BCUT2D eigenvalue weighted by atomic mass is 32.2. The van der Waals surface area contributed by atoms with E-state index >= 15 is 0 Å². The number of nitrogens with one attached hydrogen (secondary N) is 1. The van der Waals surface area contributed by atoms with Crippen molar-refractivity contribution >= 4 is 16.0 Å². The maximum atomic E-state index is 12.4. The van der Waals surface area contributed by atoms with Crippen molar-refractivity contribution in [3.8, 4) is 11.5 Å². The quantitative estimate of drug-likeness (QED) is 0.790. The fourth-order valence-electron chi connectivity index (χ4n) is 2.06. The summed E-state index contributed by atoms with van der Waals surface area (Å²) < 4.78 is 37.3. The van der Waals surface area contributed by atoms with Gasteiger partial charge < -0.3 is 14.6 Å². The van der Waals surface area contributed by atoms with E-state index in [1.807, 2.05) is 0 Å². The summed E-state index contributed by atoms with van der Waals surface area (Å²) in [5.41, 5.74) is 0.636. The molecule has 2 N–H and O–H groups in total. The van der Waals surface area contributed by atoms with Crippen LogP contribution in [0.15, 0.2) is 47.4 Å². The van der Waals surface area contributed by atoms with E-state index in [1.165, 1.54) is 44.6 Å². The Kier molecular flexibility index (Phi) is 5.42. The molecule has 7 nitrogen and oxygen atoms in total. The van der Waals surface area contributed by atoms with E-state index in [-0.39, 0.29) is 17.0 Å². The summed E-state index contributed by atoms with van der Waals surface area (Å²) in [6.45, 7) is -0.0300. The molecule has 0 heterocycles. The van der Waals surface area contributed by atoms with E-state index in [2.05, 4.69) is 4.72 Å². The van der Waals surface area contributed by atoms with Gasteiger partial charge in [-0.2, -0.15) is 0 Å². The second-order valence-corrected chi connectivity index (χ2v) is 6.61. The third-order valence-corrected chi connectivity index (χ3v) is 4.70. The molecule has 0 unspecified atom stereocenters. The molecular formula is C16H17NO6S. The van der Waals surface area contributed by atoms with Crippen LogP contribution in [0, 0.1) is 0 Å². The minimum Gasteiger partial charge on any atom is -0.493 e. The standard InChI is InChI=1S/C16H17NO6S/c1-22-14-7-6-13(9-15(14)23-2)24(20,21)17-10-11-4-3-5-12(8-11)16(18)19/h3-9,17H,10H2,1-2H3,(H,18,19). The van der Waals surface area contributed by atoms with Gasteiger partial charge in [0.1, 0.15) is 0 Å². The Morgan fingerprint density at radius 2 is 1.79 bits per heavy atom. The van der Waals surface area contributed by atoms with Gasteiger partial charge in [-0.3, -0.25) is 0 Å². The van der Waals surface area contributed by atoms with Gasteiger partial charge in [0.15, 0.2) is 11.5 Å². The van der Waals surface area contributed by atoms with Gasteiger partial charge in [-0.05, 0) is 29.8 Å². The Labute approximate surface area is 139 Å². The van der Waals surface area contributed by atoms with Gasteiger partial charge in [0, 0.05) is 12.6 Å². The summed E-state index contributed by atoms with van der Waals surface area (Å²) in [5.74, 6) is -0.349. The molecule has 128 valence electrons. The number of carboxylic acids is 1. The molecule has 0 fully saturated rings. The van der Waals surface area contributed by atoms with Crippen molar-refractivity contribution in [2.24, 2.45) is 0 Å². The molecule has 0 atom stereocenters. The van der Waals surface area contributed by atoms with Gasteiger partial charge >= 0.3 is 5.97 Å². The SMILES string of the molecule is COc1ccc(S(=O)(=O)NCc2cccc(C(=O)O)c2)cc1OC. The monoisotopic (exact) mass is 351 g/mol. The number of benzene rings is 2. The zero-order chi connectivity index (χ0) is 17.7. The van der Waals surface area contributed by atoms with E-state index in [1.54, 1.807) is 12.1 Å². The van der Waals surface area contributed by atoms with Crippen LogP contribution in [0.25, 0.3) is 0 Å². The fraction of sp³-hybridized carbons (Fsp3) is 0.188. The maximum Gasteiger partial charge on any atom is 0.335 e. The maximum absolute atomic E-state index is 12.4. The number of sulfonamides is 1. The lowest BCUT2D eigenvalue weighted by molar-refractivity contribution is 0.0696. The molecule has 0 spiro atoms. The van der Waals surface area contributed by atoms with Crippen LogP contribution < -0.4 is 14.2 Å². The molecule has 8 heteroatoms. The first-order valence-corrected chi connectivity index (χ1v) is 8.39. The van der Waals surface area contributed by atoms with Gasteiger partial charge in [-0.15, -0.1) is 0 Å². The van der Waals surface area contributed by atoms with Crippen molar-refractivity contribution in [2.45, 2.75) is 11.4 Å². The highest BCUT2D eigenvalue weighted by molar-refractivity contribution is 7.89. The topological polar surface area (TPSA) is 102 Å². The van der Waals surface area contributed by atoms with Crippen molar-refractivity contribution in [2.75, 3.05) is 14.2 Å². The number of ether oxygens (including phenoxy) is 2. The number of methoxy groups -OCH3 is 2. The first kappa shape index (κ1) is 17.8. The smallest absolute Gasteiger partial charge is 0.335 e. The van der Waals surface area contributed by atoms with Crippen LogP contribution in [0.3, 0.4) is 0 Å². The Morgan fingerprint density at radius 1 is 1.08 bits per heavy atom. The Bertz CT molecular complexity index is 847. The van der Waals surface area contributed by atoms with Crippen molar-refractivity contribution in [1.29, 1.82) is 0 Å². The average Bonchev–Trinajstić information content (AvgIpc) is 2.59. The normalized spacial score (nSPS) is 11.1. The number of hydrogen-bond acceptors (Lipinski definition) is 5. The van der Waals surface area contributed by atoms with Crippen LogP contribution in [0.2, 0.25) is 0 Å². The molecule has 2 aromatic rings. The van der Waals surface area contributed by atoms with Crippen LogP contribution in [-0.4, -0.2) is 33.7 Å². The van der Waals surface area contributed by atoms with Gasteiger partial charge in [0.25, 0.3) is 0 Å². The van der Waals surface area contributed by atoms with Crippen LogP contribution in [0.4, 0.5) is 0 Å². The number of rotatable bonds is 7. The zero-order valence-electron chi connectivity index (χ0n) is 13.1. The second-order valence-electron chi connectivity index (χ2n) is 4.85. The van der Waals surface area contributed by atoms with Gasteiger partial charge in [-0.25, -0.2) is 17.9 Å². The molecule has 24 heavy (non-hydrogen) atoms. The number of carbonyl (C=O) groups is 1. The van der Waals surface area contributed by atoms with Crippen molar-refractivity contribution in [1.82, 2.24) is 4.72 Å². The van der Waals surface area contributed by atoms with Crippen LogP contribution in [-0.2, 0) is 16.6 Å². The lowest BCUT2D eigenvalue weighted by Crippen LogP contribution is -2.23. The van der Waals surface area contributed by atoms with E-state index < -0.39 is 16.0 Å². The highest BCUT2D eigenvalue weighted by Crippen LogP contribution is 2.29. The molecule has 2 aromatic carbocycles. The molecular weight excluding hydrogens is 334 g/mol. The van der Waals surface area contributed by atoms with Crippen LogP contribution in [0.5, 0.6) is 11.5 Å². The second kappa shape index (κ2) is 7.33. The Balaban J connectivity index is 2.20. The summed E-state index contributed by atoms with van der Waals surface area (Å²) in [4.78, 5) is 11.0. The molecule has 0 aliphatic rings. The summed E-state index contributed by atoms with van der Waals surface area (Å²) in [7, 11) is -0.908. The van der Waals surface area contributed by atoms with Crippen LogP contribution in [0.1, 0.15) is 15.9 Å². The molecule has 0 radical (unpaired) electrons. The van der Waals surface area contributed by atoms with Gasteiger partial charge in [0.05, 0.1) is 24.7 Å². The molecule has 2 rings (SSSR count). The van der Waals surface area contributed by atoms with E-state index in [4.69, 9.17) is 14.6 Å². The lowest BCUT2D eigenvalue weighted by atomic mass is 10.1. The average molecular weight is 351 g/mol. The van der Waals surface area contributed by atoms with Crippen molar-refractivity contribution < 1.29 is 27.8 Å². The predicted octanol–water partition coefficient (Wildman–Crippen LogP) is 1.88. The lowest BCUT2D eigenvalue weighted by Gasteiger charge is -2.11. The summed E-state index contributed by atoms with van der Waals surface area (Å²) >= 11 is 0. The molecule has 0 amide bonds. The number of carboxylic acid groups (broad SMARTS) is 1. The molecule has 0 aliphatic carbocycles. The Hall–Kier alpha value is -2.58. The van der Waals surface area contributed by atoms with Crippen LogP contribution >= 0.6 is 0 Å². The number of hydrogen-bond donors (Lipinski definition) is 2. The van der Waals surface area contributed by atoms with E-state index in [0.717, 1.165) is 0 Å². The predicted molar refractivity (Wildman–Crippen MR) is 87.0 cm³/mol. The first-order valence-electron chi connectivity index (χ1n) is 6.91. The Morgan fingerprint density at radius 3 is 2.42 bits per heavy atom. The highest BCUT2D eigenvalue weighted by Gasteiger charge is 2.17. The van der Waals surface area contributed by atoms with Crippen molar-refractivity contribution in [3.05, 3.63) is 53.6 Å². The summed E-state index contributed by atoms with van der Waals surface area (Å²) in [6, 6.07) is 10.3. The summed E-state index contributed by atoms with van der Waals surface area (Å²) in [5, 5.41) is 8.96. The van der Waals surface area contributed by atoms with Gasteiger partial charge in [0.2, 0.25) is 10.0 Å². The molecule has 0 saturated heterocycles. The third-order valence-electron chi connectivity index (χ3n) is 3.31. The fourth-order valence-corrected chi connectivity index (χ4v) is 3.09.